The van der Waals surface area contributed by atoms with Crippen LogP contribution in [0.1, 0.15) is 12.7 Å². The van der Waals surface area contributed by atoms with E-state index in [0.717, 1.165) is 23.7 Å². The highest BCUT2D eigenvalue weighted by molar-refractivity contribution is 5.51. The van der Waals surface area contributed by atoms with E-state index in [2.05, 4.69) is 45.0 Å². The van der Waals surface area contributed by atoms with Crippen molar-refractivity contribution in [2.24, 2.45) is 0 Å². The van der Waals surface area contributed by atoms with Crippen LogP contribution in [0.15, 0.2) is 55.4 Å². The molecule has 0 saturated heterocycles. The largest absolute Gasteiger partial charge is 0.378 e. The maximum absolute atomic E-state index is 4.36. The Labute approximate surface area is 117 Å². The molecule has 0 spiro atoms. The topological polar surface area (TPSA) is 47.7 Å². The van der Waals surface area contributed by atoms with Gasteiger partial charge in [-0.2, -0.15) is 0 Å². The molecule has 3 aromatic rings. The van der Waals surface area contributed by atoms with Crippen LogP contribution in [0.4, 0.5) is 5.69 Å². The van der Waals surface area contributed by atoms with Gasteiger partial charge >= 0.3 is 0 Å². The van der Waals surface area contributed by atoms with Gasteiger partial charge in [-0.3, -0.25) is 0 Å². The molecule has 0 amide bonds. The lowest BCUT2D eigenvalue weighted by molar-refractivity contribution is 0.708. The fourth-order valence-electron chi connectivity index (χ4n) is 2.16. The molecular formula is C15H17N5. The Morgan fingerprint density at radius 2 is 2.15 bits per heavy atom. The second-order valence-electron chi connectivity index (χ2n) is 4.50. The van der Waals surface area contributed by atoms with Crippen LogP contribution in [0.25, 0.3) is 5.69 Å². The molecule has 20 heavy (non-hydrogen) atoms. The van der Waals surface area contributed by atoms with Crippen molar-refractivity contribution in [2.75, 3.05) is 5.32 Å². The molecule has 0 aliphatic carbocycles. The average molecular weight is 267 g/mol. The minimum Gasteiger partial charge on any atom is -0.378 e. The molecule has 2 heterocycles. The monoisotopic (exact) mass is 267 g/mol. The Morgan fingerprint density at radius 3 is 2.95 bits per heavy atom. The molecule has 0 atom stereocenters. The van der Waals surface area contributed by atoms with Crippen LogP contribution in [0.2, 0.25) is 0 Å². The molecule has 2 aromatic heterocycles. The number of rotatable bonds is 5. The quantitative estimate of drug-likeness (QED) is 0.773. The molecule has 5 heteroatoms. The minimum atomic E-state index is 0.716. The smallest absolute Gasteiger partial charge is 0.128 e. The number of imidazole rings is 2. The fraction of sp³-hybridized carbons (Fsp3) is 0.200. The molecule has 0 radical (unpaired) electrons. The number of anilines is 1. The van der Waals surface area contributed by atoms with Gasteiger partial charge in [0.2, 0.25) is 0 Å². The van der Waals surface area contributed by atoms with Crippen molar-refractivity contribution in [1.82, 2.24) is 19.1 Å². The third-order valence-corrected chi connectivity index (χ3v) is 3.24. The van der Waals surface area contributed by atoms with Gasteiger partial charge in [-0.05, 0) is 25.1 Å². The first-order valence-corrected chi connectivity index (χ1v) is 6.69. The molecular weight excluding hydrogens is 250 g/mol. The summed E-state index contributed by atoms with van der Waals surface area (Å²) in [5.74, 6) is 1.04. The van der Waals surface area contributed by atoms with Gasteiger partial charge in [0.05, 0.1) is 12.9 Å². The van der Waals surface area contributed by atoms with Gasteiger partial charge in [-0.25, -0.2) is 9.97 Å². The van der Waals surface area contributed by atoms with Gasteiger partial charge in [-0.1, -0.05) is 6.07 Å². The highest BCUT2D eigenvalue weighted by Gasteiger charge is 2.02. The van der Waals surface area contributed by atoms with Crippen LogP contribution >= 0.6 is 0 Å². The van der Waals surface area contributed by atoms with E-state index >= 15 is 0 Å². The van der Waals surface area contributed by atoms with Gasteiger partial charge in [-0.15, -0.1) is 0 Å². The predicted molar refractivity (Wildman–Crippen MR) is 78.8 cm³/mol. The summed E-state index contributed by atoms with van der Waals surface area (Å²) in [5.41, 5.74) is 2.16. The van der Waals surface area contributed by atoms with Crippen LogP contribution < -0.4 is 5.32 Å². The average Bonchev–Trinajstić information content (AvgIpc) is 3.16. The molecule has 0 aliphatic heterocycles. The van der Waals surface area contributed by atoms with Gasteiger partial charge in [0.15, 0.2) is 0 Å². The lowest BCUT2D eigenvalue weighted by Gasteiger charge is -2.09. The molecule has 5 nitrogen and oxygen atoms in total. The van der Waals surface area contributed by atoms with Crippen molar-refractivity contribution in [3.05, 3.63) is 61.2 Å². The number of aryl methyl sites for hydroxylation is 1. The van der Waals surface area contributed by atoms with Crippen LogP contribution in [0.5, 0.6) is 0 Å². The molecule has 0 aliphatic rings. The number of aromatic nitrogens is 4. The second kappa shape index (κ2) is 5.61. The van der Waals surface area contributed by atoms with E-state index in [1.165, 1.54) is 0 Å². The maximum Gasteiger partial charge on any atom is 0.128 e. The summed E-state index contributed by atoms with van der Waals surface area (Å²) in [6, 6.07) is 8.24. The zero-order valence-electron chi connectivity index (χ0n) is 11.4. The standard InChI is InChI=1S/C15H17N5/c1-2-19-9-7-17-15(19)11-18-13-4-3-5-14(10-13)20-8-6-16-12-20/h3-10,12,18H,2,11H2,1H3. The summed E-state index contributed by atoms with van der Waals surface area (Å²) in [5, 5.41) is 3.41. The molecule has 1 N–H and O–H groups in total. The Hall–Kier alpha value is -2.56. The van der Waals surface area contributed by atoms with Crippen LogP contribution in [-0.4, -0.2) is 19.1 Å². The maximum atomic E-state index is 4.36. The van der Waals surface area contributed by atoms with E-state index in [9.17, 15) is 0 Å². The van der Waals surface area contributed by atoms with E-state index in [-0.39, 0.29) is 0 Å². The Morgan fingerprint density at radius 1 is 1.20 bits per heavy atom. The molecule has 0 saturated carbocycles. The molecule has 0 fully saturated rings. The first kappa shape index (κ1) is 12.5. The molecule has 102 valence electrons. The Kier molecular flexibility index (Phi) is 3.50. The lowest BCUT2D eigenvalue weighted by Crippen LogP contribution is -2.07. The van der Waals surface area contributed by atoms with E-state index < -0.39 is 0 Å². The van der Waals surface area contributed by atoms with Crippen molar-refractivity contribution >= 4 is 5.69 Å². The van der Waals surface area contributed by atoms with Crippen LogP contribution in [0.3, 0.4) is 0 Å². The SMILES string of the molecule is CCn1ccnc1CNc1cccc(-n2ccnc2)c1. The van der Waals surface area contributed by atoms with Gasteiger partial charge < -0.3 is 14.5 Å². The second-order valence-corrected chi connectivity index (χ2v) is 4.50. The Balaban J connectivity index is 1.74. The number of nitrogens with zero attached hydrogens (tertiary/aromatic N) is 4. The summed E-state index contributed by atoms with van der Waals surface area (Å²) in [7, 11) is 0. The van der Waals surface area contributed by atoms with E-state index in [1.54, 1.807) is 12.5 Å². The van der Waals surface area contributed by atoms with Crippen LogP contribution in [0, 0.1) is 0 Å². The third kappa shape index (κ3) is 2.56. The van der Waals surface area contributed by atoms with Crippen molar-refractivity contribution in [3.63, 3.8) is 0 Å². The number of nitrogens with one attached hydrogen (secondary N) is 1. The van der Waals surface area contributed by atoms with Crippen molar-refractivity contribution in [1.29, 1.82) is 0 Å². The third-order valence-electron chi connectivity index (χ3n) is 3.24. The van der Waals surface area contributed by atoms with Gasteiger partial charge in [0.1, 0.15) is 5.82 Å². The number of benzene rings is 1. The summed E-state index contributed by atoms with van der Waals surface area (Å²) in [4.78, 5) is 8.43. The summed E-state index contributed by atoms with van der Waals surface area (Å²) >= 11 is 0. The zero-order valence-corrected chi connectivity index (χ0v) is 11.4. The molecule has 0 unspecified atom stereocenters. The van der Waals surface area contributed by atoms with E-state index in [1.807, 2.05) is 29.2 Å². The number of hydrogen-bond donors (Lipinski definition) is 1. The molecule has 1 aromatic carbocycles. The molecule has 0 bridgehead atoms. The van der Waals surface area contributed by atoms with Crippen molar-refractivity contribution in [2.45, 2.75) is 20.0 Å². The molecule has 3 rings (SSSR count). The lowest BCUT2D eigenvalue weighted by atomic mass is 10.2. The van der Waals surface area contributed by atoms with Crippen molar-refractivity contribution < 1.29 is 0 Å². The van der Waals surface area contributed by atoms with Gasteiger partial charge in [0.25, 0.3) is 0 Å². The summed E-state index contributed by atoms with van der Waals surface area (Å²) < 4.78 is 4.12. The predicted octanol–water partition coefficient (Wildman–Crippen LogP) is 2.70. The first-order valence-electron chi connectivity index (χ1n) is 6.69. The zero-order chi connectivity index (χ0) is 13.8. The Bertz CT molecular complexity index is 669. The fourth-order valence-corrected chi connectivity index (χ4v) is 2.16. The highest BCUT2D eigenvalue weighted by Crippen LogP contribution is 2.15. The minimum absolute atomic E-state index is 0.716. The van der Waals surface area contributed by atoms with E-state index in [4.69, 9.17) is 0 Å². The first-order chi connectivity index (χ1) is 9.86. The van der Waals surface area contributed by atoms with E-state index in [0.29, 0.717) is 6.54 Å². The normalized spacial score (nSPS) is 10.7. The number of hydrogen-bond acceptors (Lipinski definition) is 3. The summed E-state index contributed by atoms with van der Waals surface area (Å²) in [6.45, 7) is 3.77. The van der Waals surface area contributed by atoms with Crippen LogP contribution in [-0.2, 0) is 13.1 Å². The van der Waals surface area contributed by atoms with Gasteiger partial charge in [0, 0.05) is 42.7 Å². The van der Waals surface area contributed by atoms with Crippen molar-refractivity contribution in [3.8, 4) is 5.69 Å². The highest BCUT2D eigenvalue weighted by atomic mass is 15.1. The summed E-state index contributed by atoms with van der Waals surface area (Å²) in [6.07, 6.45) is 9.34.